The van der Waals surface area contributed by atoms with Gasteiger partial charge in [-0.3, -0.25) is 0 Å². The van der Waals surface area contributed by atoms with Gasteiger partial charge in [-0.15, -0.1) is 11.6 Å². The Bertz CT molecular complexity index is 261. The maximum Gasteiger partial charge on any atom is 0.237 e. The maximum atomic E-state index is 8.52. The summed E-state index contributed by atoms with van der Waals surface area (Å²) in [5.41, 5.74) is 0. The second-order valence-corrected chi connectivity index (χ2v) is 5.38. The van der Waals surface area contributed by atoms with E-state index in [1.165, 1.54) is 6.07 Å². The second-order valence-electron chi connectivity index (χ2n) is 2.14. The molecule has 0 aromatic carbocycles. The molecule has 0 amide bonds. The zero-order chi connectivity index (χ0) is 10.7. The lowest BCUT2D eigenvalue weighted by Gasteiger charge is -2.29. The molecule has 0 bridgehead atoms. The SMILES string of the molecule is N#CCC(Cl)C(Cl)(Cl)C(Cl)(Cl)C#N. The topological polar surface area (TPSA) is 47.6 Å². The van der Waals surface area contributed by atoms with E-state index in [0.29, 0.717) is 0 Å². The Morgan fingerprint density at radius 3 is 1.92 bits per heavy atom. The molecule has 0 rings (SSSR count). The molecule has 0 aliphatic rings. The second kappa shape index (κ2) is 4.78. The largest absolute Gasteiger partial charge is 0.237 e. The lowest BCUT2D eigenvalue weighted by Crippen LogP contribution is -2.42. The summed E-state index contributed by atoms with van der Waals surface area (Å²) in [7, 11) is 0. The fourth-order valence-corrected chi connectivity index (χ4v) is 1.33. The Morgan fingerprint density at radius 2 is 1.62 bits per heavy atom. The van der Waals surface area contributed by atoms with Gasteiger partial charge in [-0.2, -0.15) is 10.5 Å². The smallest absolute Gasteiger partial charge is 0.198 e. The van der Waals surface area contributed by atoms with Crippen molar-refractivity contribution in [3.63, 3.8) is 0 Å². The van der Waals surface area contributed by atoms with Gasteiger partial charge >= 0.3 is 0 Å². The third-order valence-electron chi connectivity index (χ3n) is 1.22. The van der Waals surface area contributed by atoms with E-state index in [1.807, 2.05) is 0 Å². The van der Waals surface area contributed by atoms with Crippen molar-refractivity contribution in [2.75, 3.05) is 0 Å². The van der Waals surface area contributed by atoms with Gasteiger partial charge in [0.15, 0.2) is 4.33 Å². The van der Waals surface area contributed by atoms with Gasteiger partial charge in [0.25, 0.3) is 0 Å². The summed E-state index contributed by atoms with van der Waals surface area (Å²) in [6, 6.07) is 3.24. The van der Waals surface area contributed by atoms with Gasteiger partial charge in [0.1, 0.15) is 6.07 Å². The monoisotopic (exact) mass is 278 g/mol. The quantitative estimate of drug-likeness (QED) is 0.744. The van der Waals surface area contributed by atoms with Crippen molar-refractivity contribution in [2.24, 2.45) is 0 Å². The van der Waals surface area contributed by atoms with Crippen LogP contribution in [0.2, 0.25) is 0 Å². The number of rotatable bonds is 3. The molecule has 1 unspecified atom stereocenters. The summed E-state index contributed by atoms with van der Waals surface area (Å²) in [5.74, 6) is 0. The minimum Gasteiger partial charge on any atom is -0.198 e. The van der Waals surface area contributed by atoms with Crippen molar-refractivity contribution in [2.45, 2.75) is 20.5 Å². The Hall–Kier alpha value is 0.430. The molecule has 0 aromatic rings. The number of nitriles is 2. The van der Waals surface area contributed by atoms with Crippen LogP contribution in [0.5, 0.6) is 0 Å². The molecule has 0 saturated carbocycles. The van der Waals surface area contributed by atoms with Gasteiger partial charge < -0.3 is 0 Å². The van der Waals surface area contributed by atoms with E-state index in [9.17, 15) is 0 Å². The lowest BCUT2D eigenvalue weighted by molar-refractivity contribution is 0.701. The molecule has 0 fully saturated rings. The number of alkyl halides is 5. The van der Waals surface area contributed by atoms with E-state index in [-0.39, 0.29) is 6.42 Å². The number of nitrogens with zero attached hydrogens (tertiary/aromatic N) is 2. The molecule has 72 valence electrons. The highest BCUT2D eigenvalue weighted by atomic mass is 35.5. The van der Waals surface area contributed by atoms with Gasteiger partial charge in [0.05, 0.1) is 17.9 Å². The Morgan fingerprint density at radius 1 is 1.15 bits per heavy atom. The Labute approximate surface area is 101 Å². The molecular formula is C6H3Cl5N2. The van der Waals surface area contributed by atoms with Crippen LogP contribution in [0.25, 0.3) is 0 Å². The summed E-state index contributed by atoms with van der Waals surface area (Å²) < 4.78 is -3.93. The first kappa shape index (κ1) is 13.4. The standard InChI is InChI=1S/C6H3Cl5N2/c7-4(1-2-12)6(10,11)5(8,9)3-13/h4H,1H2. The van der Waals surface area contributed by atoms with Crippen LogP contribution < -0.4 is 0 Å². The molecule has 0 spiro atoms. The number of halogens is 5. The van der Waals surface area contributed by atoms with Gasteiger partial charge in [0, 0.05) is 0 Å². The molecular weight excluding hydrogens is 277 g/mol. The van der Waals surface area contributed by atoms with Crippen molar-refractivity contribution < 1.29 is 0 Å². The van der Waals surface area contributed by atoms with Gasteiger partial charge in [0.2, 0.25) is 4.33 Å². The summed E-state index contributed by atoms with van der Waals surface area (Å²) in [5, 5.41) is 15.8. The highest BCUT2D eigenvalue weighted by Gasteiger charge is 2.52. The van der Waals surface area contributed by atoms with Crippen LogP contribution in [-0.2, 0) is 0 Å². The van der Waals surface area contributed by atoms with Gasteiger partial charge in [-0.1, -0.05) is 46.4 Å². The lowest BCUT2D eigenvalue weighted by atomic mass is 10.2. The van der Waals surface area contributed by atoms with Crippen LogP contribution in [-0.4, -0.2) is 14.0 Å². The molecule has 7 heteroatoms. The third-order valence-corrected chi connectivity index (χ3v) is 4.17. The van der Waals surface area contributed by atoms with Crippen molar-refractivity contribution >= 4 is 58.0 Å². The van der Waals surface area contributed by atoms with E-state index in [2.05, 4.69) is 0 Å². The molecule has 13 heavy (non-hydrogen) atoms. The average molecular weight is 280 g/mol. The fraction of sp³-hybridized carbons (Fsp3) is 0.667. The molecule has 1 atom stereocenters. The van der Waals surface area contributed by atoms with Crippen molar-refractivity contribution in [1.82, 2.24) is 0 Å². The molecule has 0 aromatic heterocycles. The molecule has 0 saturated heterocycles. The minimum absolute atomic E-state index is 0.155. The van der Waals surface area contributed by atoms with Crippen LogP contribution in [0, 0.1) is 22.7 Å². The molecule has 2 nitrogen and oxygen atoms in total. The minimum atomic E-state index is -2.04. The van der Waals surface area contributed by atoms with Crippen LogP contribution in [0.15, 0.2) is 0 Å². The maximum absolute atomic E-state index is 8.52. The summed E-state index contributed by atoms with van der Waals surface area (Å²) >= 11 is 27.9. The molecule has 0 radical (unpaired) electrons. The number of hydrogen-bond acceptors (Lipinski definition) is 2. The molecule has 0 N–H and O–H groups in total. The van der Waals surface area contributed by atoms with Crippen LogP contribution in [0.3, 0.4) is 0 Å². The van der Waals surface area contributed by atoms with E-state index in [0.717, 1.165) is 0 Å². The average Bonchev–Trinajstić information content (AvgIpc) is 2.04. The van der Waals surface area contributed by atoms with E-state index in [1.54, 1.807) is 6.07 Å². The molecule has 0 aliphatic heterocycles. The van der Waals surface area contributed by atoms with Crippen molar-refractivity contribution in [1.29, 1.82) is 10.5 Å². The van der Waals surface area contributed by atoms with E-state index in [4.69, 9.17) is 68.5 Å². The van der Waals surface area contributed by atoms with Gasteiger partial charge in [-0.25, -0.2) is 0 Å². The normalized spacial score (nSPS) is 14.4. The predicted molar refractivity (Wildman–Crippen MR) is 54.4 cm³/mol. The van der Waals surface area contributed by atoms with Crippen molar-refractivity contribution in [3.05, 3.63) is 0 Å². The Balaban J connectivity index is 4.78. The van der Waals surface area contributed by atoms with Crippen LogP contribution in [0.4, 0.5) is 0 Å². The first-order valence-electron chi connectivity index (χ1n) is 2.97. The summed E-state index contributed by atoms with van der Waals surface area (Å²) in [6.07, 6.45) is -0.155. The predicted octanol–water partition coefficient (Wildman–Crippen LogP) is 3.38. The van der Waals surface area contributed by atoms with Gasteiger partial charge in [-0.05, 0) is 0 Å². The highest BCUT2D eigenvalue weighted by molar-refractivity contribution is 6.65. The molecule has 0 heterocycles. The fourth-order valence-electron chi connectivity index (χ4n) is 0.480. The highest BCUT2D eigenvalue weighted by Crippen LogP contribution is 2.47. The Kier molecular flexibility index (Phi) is 4.94. The van der Waals surface area contributed by atoms with Crippen molar-refractivity contribution in [3.8, 4) is 12.1 Å². The van der Waals surface area contributed by atoms with E-state index >= 15 is 0 Å². The van der Waals surface area contributed by atoms with E-state index < -0.39 is 14.0 Å². The first-order valence-corrected chi connectivity index (χ1v) is 4.92. The zero-order valence-corrected chi connectivity index (χ0v) is 9.85. The zero-order valence-electron chi connectivity index (χ0n) is 6.07. The number of hydrogen-bond donors (Lipinski definition) is 0. The first-order chi connectivity index (χ1) is 5.79. The van der Waals surface area contributed by atoms with Crippen LogP contribution in [0.1, 0.15) is 6.42 Å². The summed E-state index contributed by atoms with van der Waals surface area (Å²) in [4.78, 5) is 0. The summed E-state index contributed by atoms with van der Waals surface area (Å²) in [6.45, 7) is 0. The van der Waals surface area contributed by atoms with Crippen LogP contribution >= 0.6 is 58.0 Å². The third kappa shape index (κ3) is 2.94. The molecule has 0 aliphatic carbocycles.